The molecule has 0 aliphatic heterocycles. The average Bonchev–Trinajstić information content (AvgIpc) is 2.41. The minimum Gasteiger partial charge on any atom is -0.493 e. The molecule has 0 saturated heterocycles. The fraction of sp³-hybridized carbons (Fsp3) is 0.214. The highest BCUT2D eigenvalue weighted by Crippen LogP contribution is 2.18. The lowest BCUT2D eigenvalue weighted by molar-refractivity contribution is 0.204. The number of rotatable bonds is 5. The van der Waals surface area contributed by atoms with E-state index in [1.807, 2.05) is 12.1 Å². The lowest BCUT2D eigenvalue weighted by atomic mass is 10.0. The summed E-state index contributed by atoms with van der Waals surface area (Å²) in [5.74, 6) is -0.0178. The highest BCUT2D eigenvalue weighted by Gasteiger charge is 2.11. The third-order valence-corrected chi connectivity index (χ3v) is 2.65. The minimum atomic E-state index is -0.336. The van der Waals surface area contributed by atoms with Gasteiger partial charge in [0.05, 0.1) is 13.2 Å². The molecule has 0 radical (unpaired) electrons. The first-order chi connectivity index (χ1) is 8.79. The predicted molar refractivity (Wildman–Crippen MR) is 66.0 cm³/mol. The molecule has 1 atom stereocenters. The zero-order valence-electron chi connectivity index (χ0n) is 9.79. The van der Waals surface area contributed by atoms with Crippen molar-refractivity contribution in [3.63, 3.8) is 0 Å². The Kier molecular flexibility index (Phi) is 4.25. The van der Waals surface area contributed by atoms with E-state index in [0.717, 1.165) is 5.56 Å². The van der Waals surface area contributed by atoms with E-state index in [9.17, 15) is 9.50 Å². The number of halogens is 1. The average molecular weight is 247 g/mol. The van der Waals surface area contributed by atoms with Crippen LogP contribution < -0.4 is 4.74 Å². The molecule has 18 heavy (non-hydrogen) atoms. The third-order valence-electron chi connectivity index (χ3n) is 2.65. The van der Waals surface area contributed by atoms with Gasteiger partial charge >= 0.3 is 0 Å². The van der Waals surface area contributed by atoms with Gasteiger partial charge in [-0.2, -0.15) is 0 Å². The highest BCUT2D eigenvalue weighted by molar-refractivity contribution is 5.23. The number of hydrogen-bond acceptors (Lipinski definition) is 3. The Labute approximate surface area is 105 Å². The minimum absolute atomic E-state index is 0.0284. The van der Waals surface area contributed by atoms with Crippen molar-refractivity contribution in [3.8, 4) is 5.75 Å². The van der Waals surface area contributed by atoms with Crippen molar-refractivity contribution in [2.45, 2.75) is 5.92 Å². The molecule has 0 saturated carbocycles. The van der Waals surface area contributed by atoms with Crippen molar-refractivity contribution in [3.05, 3.63) is 60.2 Å². The summed E-state index contributed by atoms with van der Waals surface area (Å²) in [5, 5.41) is 9.34. The molecule has 0 aliphatic carbocycles. The SMILES string of the molecule is OCC(COc1cccc(F)c1)c1ccncc1. The van der Waals surface area contributed by atoms with Crippen molar-refractivity contribution in [1.29, 1.82) is 0 Å². The fourth-order valence-electron chi connectivity index (χ4n) is 1.64. The van der Waals surface area contributed by atoms with Gasteiger partial charge in [-0.1, -0.05) is 6.07 Å². The van der Waals surface area contributed by atoms with Crippen molar-refractivity contribution < 1.29 is 14.2 Å². The van der Waals surface area contributed by atoms with Gasteiger partial charge in [0.1, 0.15) is 11.6 Å². The molecule has 1 N–H and O–H groups in total. The lowest BCUT2D eigenvalue weighted by Crippen LogP contribution is -2.14. The van der Waals surface area contributed by atoms with Crippen molar-refractivity contribution in [1.82, 2.24) is 4.98 Å². The summed E-state index contributed by atoms with van der Waals surface area (Å²) in [5.41, 5.74) is 0.948. The second-order valence-corrected chi connectivity index (χ2v) is 3.93. The van der Waals surface area contributed by atoms with Crippen molar-refractivity contribution in [2.75, 3.05) is 13.2 Å². The molecule has 0 bridgehead atoms. The van der Waals surface area contributed by atoms with Gasteiger partial charge in [0.25, 0.3) is 0 Å². The van der Waals surface area contributed by atoms with E-state index in [-0.39, 0.29) is 18.3 Å². The molecule has 0 fully saturated rings. The maximum absolute atomic E-state index is 13.0. The first-order valence-electron chi connectivity index (χ1n) is 5.68. The Bertz CT molecular complexity index is 490. The molecule has 2 aromatic rings. The van der Waals surface area contributed by atoms with Crippen LogP contribution in [0.4, 0.5) is 4.39 Å². The summed E-state index contributed by atoms with van der Waals surface area (Å²) in [6.07, 6.45) is 3.33. The van der Waals surface area contributed by atoms with E-state index in [1.54, 1.807) is 24.5 Å². The summed E-state index contributed by atoms with van der Waals surface area (Å²) in [6, 6.07) is 9.61. The molecule has 2 rings (SSSR count). The topological polar surface area (TPSA) is 42.4 Å². The summed E-state index contributed by atoms with van der Waals surface area (Å²) < 4.78 is 18.4. The van der Waals surface area contributed by atoms with E-state index in [1.165, 1.54) is 12.1 Å². The van der Waals surface area contributed by atoms with Crippen molar-refractivity contribution in [2.24, 2.45) is 0 Å². The number of benzene rings is 1. The Morgan fingerprint density at radius 3 is 2.67 bits per heavy atom. The second kappa shape index (κ2) is 6.12. The molecule has 1 aromatic carbocycles. The van der Waals surface area contributed by atoms with Crippen LogP contribution in [0, 0.1) is 5.82 Å². The van der Waals surface area contributed by atoms with E-state index >= 15 is 0 Å². The number of ether oxygens (including phenoxy) is 1. The van der Waals surface area contributed by atoms with Crippen LogP contribution >= 0.6 is 0 Å². The van der Waals surface area contributed by atoms with Crippen LogP contribution in [0.15, 0.2) is 48.8 Å². The van der Waals surface area contributed by atoms with Crippen LogP contribution in [0.5, 0.6) is 5.75 Å². The molecule has 1 heterocycles. The molecule has 1 aromatic heterocycles. The molecule has 4 heteroatoms. The van der Waals surface area contributed by atoms with Crippen LogP contribution in [0.3, 0.4) is 0 Å². The first kappa shape index (κ1) is 12.5. The molecule has 0 spiro atoms. The fourth-order valence-corrected chi connectivity index (χ4v) is 1.64. The molecular weight excluding hydrogens is 233 g/mol. The van der Waals surface area contributed by atoms with Crippen LogP contribution in [0.2, 0.25) is 0 Å². The van der Waals surface area contributed by atoms with Gasteiger partial charge < -0.3 is 9.84 Å². The number of nitrogens with zero attached hydrogens (tertiary/aromatic N) is 1. The first-order valence-corrected chi connectivity index (χ1v) is 5.68. The van der Waals surface area contributed by atoms with E-state index in [2.05, 4.69) is 4.98 Å². The van der Waals surface area contributed by atoms with Crippen molar-refractivity contribution >= 4 is 0 Å². The van der Waals surface area contributed by atoms with Crippen LogP contribution in [-0.4, -0.2) is 23.3 Å². The Hall–Kier alpha value is -1.94. The quantitative estimate of drug-likeness (QED) is 0.882. The van der Waals surface area contributed by atoms with Gasteiger partial charge in [0, 0.05) is 24.4 Å². The number of aromatic nitrogens is 1. The summed E-state index contributed by atoms with van der Waals surface area (Å²) in [6.45, 7) is 0.267. The maximum atomic E-state index is 13.0. The number of aliphatic hydroxyl groups is 1. The third kappa shape index (κ3) is 3.28. The van der Waals surface area contributed by atoms with Crippen LogP contribution in [0.1, 0.15) is 11.5 Å². The summed E-state index contributed by atoms with van der Waals surface area (Å²) in [7, 11) is 0. The van der Waals surface area contributed by atoms with Crippen LogP contribution in [-0.2, 0) is 0 Å². The normalized spacial score (nSPS) is 12.1. The zero-order valence-corrected chi connectivity index (χ0v) is 9.79. The molecular formula is C14H14FNO2. The Morgan fingerprint density at radius 1 is 1.22 bits per heavy atom. The van der Waals surface area contributed by atoms with E-state index in [4.69, 9.17) is 4.74 Å². The maximum Gasteiger partial charge on any atom is 0.126 e. The monoisotopic (exact) mass is 247 g/mol. The largest absolute Gasteiger partial charge is 0.493 e. The molecule has 3 nitrogen and oxygen atoms in total. The second-order valence-electron chi connectivity index (χ2n) is 3.93. The number of aliphatic hydroxyl groups excluding tert-OH is 1. The summed E-state index contributed by atoms with van der Waals surface area (Å²) >= 11 is 0. The predicted octanol–water partition coefficient (Wildman–Crippen LogP) is 2.38. The smallest absolute Gasteiger partial charge is 0.126 e. The van der Waals surface area contributed by atoms with Gasteiger partial charge in [-0.15, -0.1) is 0 Å². The molecule has 0 amide bonds. The number of hydrogen-bond donors (Lipinski definition) is 1. The van der Waals surface area contributed by atoms with Gasteiger partial charge in [-0.3, -0.25) is 4.98 Å². The molecule has 94 valence electrons. The van der Waals surface area contributed by atoms with Gasteiger partial charge in [0.15, 0.2) is 0 Å². The molecule has 1 unspecified atom stereocenters. The zero-order chi connectivity index (χ0) is 12.8. The van der Waals surface area contributed by atoms with Gasteiger partial charge in [-0.05, 0) is 29.8 Å². The van der Waals surface area contributed by atoms with Gasteiger partial charge in [0.2, 0.25) is 0 Å². The Balaban J connectivity index is 2.00. The van der Waals surface area contributed by atoms with E-state index in [0.29, 0.717) is 12.4 Å². The Morgan fingerprint density at radius 2 is 2.00 bits per heavy atom. The van der Waals surface area contributed by atoms with E-state index < -0.39 is 0 Å². The highest BCUT2D eigenvalue weighted by atomic mass is 19.1. The summed E-state index contributed by atoms with van der Waals surface area (Å²) in [4.78, 5) is 3.92. The standard InChI is InChI=1S/C14H14FNO2/c15-13-2-1-3-14(8-13)18-10-12(9-17)11-4-6-16-7-5-11/h1-8,12,17H,9-10H2. The lowest BCUT2D eigenvalue weighted by Gasteiger charge is -2.15. The van der Waals surface area contributed by atoms with Gasteiger partial charge in [-0.25, -0.2) is 4.39 Å². The van der Waals surface area contributed by atoms with Crippen LogP contribution in [0.25, 0.3) is 0 Å². The number of pyridine rings is 1. The molecule has 0 aliphatic rings.